The largest absolute Gasteiger partial charge is 0.493 e. The fourth-order valence-electron chi connectivity index (χ4n) is 1.81. The predicted octanol–water partition coefficient (Wildman–Crippen LogP) is 3.73. The zero-order chi connectivity index (χ0) is 14.2. The van der Waals surface area contributed by atoms with Crippen LogP contribution in [0.25, 0.3) is 0 Å². The highest BCUT2D eigenvalue weighted by molar-refractivity contribution is 9.10. The predicted molar refractivity (Wildman–Crippen MR) is 87.1 cm³/mol. The third-order valence-corrected chi connectivity index (χ3v) is 4.36. The second kappa shape index (κ2) is 8.29. The van der Waals surface area contributed by atoms with Crippen LogP contribution >= 0.6 is 27.3 Å². The summed E-state index contributed by atoms with van der Waals surface area (Å²) < 4.78 is 12.0. The summed E-state index contributed by atoms with van der Waals surface area (Å²) in [5.41, 5.74) is 0. The topological polar surface area (TPSA) is 30.5 Å². The van der Waals surface area contributed by atoms with E-state index in [-0.39, 0.29) is 0 Å². The van der Waals surface area contributed by atoms with Crippen LogP contribution in [-0.4, -0.2) is 26.8 Å². The van der Waals surface area contributed by atoms with Crippen molar-refractivity contribution in [3.8, 4) is 11.5 Å². The molecule has 3 nitrogen and oxygen atoms in total. The van der Waals surface area contributed by atoms with Crippen LogP contribution in [0.1, 0.15) is 4.88 Å². The Bertz CT molecular complexity index is 517. The number of nitrogens with one attached hydrogen (secondary N) is 1. The molecule has 0 aliphatic carbocycles. The van der Waals surface area contributed by atoms with Gasteiger partial charge in [-0.2, -0.15) is 0 Å². The Kier molecular flexibility index (Phi) is 6.36. The molecule has 0 atom stereocenters. The van der Waals surface area contributed by atoms with Crippen molar-refractivity contribution in [3.63, 3.8) is 0 Å². The van der Waals surface area contributed by atoms with Crippen LogP contribution in [0.3, 0.4) is 0 Å². The van der Waals surface area contributed by atoms with Crippen LogP contribution in [0, 0.1) is 0 Å². The smallest absolute Gasteiger partial charge is 0.175 e. The standard InChI is InChI=1S/C15H18BrNO2S/c1-18-14-6-2-5-13(16)15(14)19-10-9-17-8-7-12-4-3-11-20-12/h2-6,11,17H,7-10H2,1H3. The normalized spacial score (nSPS) is 10.5. The van der Waals surface area contributed by atoms with E-state index in [9.17, 15) is 0 Å². The monoisotopic (exact) mass is 355 g/mol. The third-order valence-electron chi connectivity index (χ3n) is 2.80. The van der Waals surface area contributed by atoms with Gasteiger partial charge in [-0.25, -0.2) is 0 Å². The molecule has 0 bridgehead atoms. The minimum Gasteiger partial charge on any atom is -0.493 e. The molecule has 0 amide bonds. The van der Waals surface area contributed by atoms with Gasteiger partial charge in [-0.1, -0.05) is 12.1 Å². The lowest BCUT2D eigenvalue weighted by Crippen LogP contribution is -2.23. The van der Waals surface area contributed by atoms with Crippen molar-refractivity contribution >= 4 is 27.3 Å². The summed E-state index contributed by atoms with van der Waals surface area (Å²) in [5, 5.41) is 5.49. The fourth-order valence-corrected chi connectivity index (χ4v) is 2.98. The van der Waals surface area contributed by atoms with Gasteiger partial charge in [0, 0.05) is 18.0 Å². The van der Waals surface area contributed by atoms with Gasteiger partial charge < -0.3 is 14.8 Å². The Hall–Kier alpha value is -1.04. The molecule has 0 spiro atoms. The number of rotatable bonds is 8. The van der Waals surface area contributed by atoms with Crippen LogP contribution in [0.4, 0.5) is 0 Å². The molecule has 20 heavy (non-hydrogen) atoms. The quantitative estimate of drug-likeness (QED) is 0.731. The number of thiophene rings is 1. The lowest BCUT2D eigenvalue weighted by molar-refractivity contribution is 0.291. The molecule has 0 aliphatic rings. The van der Waals surface area contributed by atoms with Crippen molar-refractivity contribution < 1.29 is 9.47 Å². The van der Waals surface area contributed by atoms with Gasteiger partial charge in [0.1, 0.15) is 6.61 Å². The van der Waals surface area contributed by atoms with Crippen molar-refractivity contribution in [2.24, 2.45) is 0 Å². The summed E-state index contributed by atoms with van der Waals surface area (Å²) in [7, 11) is 1.65. The molecule has 1 aromatic carbocycles. The lowest BCUT2D eigenvalue weighted by Gasteiger charge is -2.12. The van der Waals surface area contributed by atoms with Gasteiger partial charge in [-0.3, -0.25) is 0 Å². The maximum atomic E-state index is 5.76. The van der Waals surface area contributed by atoms with Crippen LogP contribution in [0.5, 0.6) is 11.5 Å². The molecule has 1 heterocycles. The van der Waals surface area contributed by atoms with Crippen LogP contribution in [-0.2, 0) is 6.42 Å². The van der Waals surface area contributed by atoms with Gasteiger partial charge in [-0.05, 0) is 45.9 Å². The molecule has 0 saturated carbocycles. The first-order valence-electron chi connectivity index (χ1n) is 6.49. The van der Waals surface area contributed by atoms with Crippen molar-refractivity contribution in [2.75, 3.05) is 26.8 Å². The fraction of sp³-hybridized carbons (Fsp3) is 0.333. The van der Waals surface area contributed by atoms with Crippen molar-refractivity contribution in [2.45, 2.75) is 6.42 Å². The van der Waals surface area contributed by atoms with Crippen molar-refractivity contribution in [1.29, 1.82) is 0 Å². The average molecular weight is 356 g/mol. The molecule has 1 N–H and O–H groups in total. The number of methoxy groups -OCH3 is 1. The first kappa shape index (κ1) is 15.4. The van der Waals surface area contributed by atoms with E-state index in [1.54, 1.807) is 18.4 Å². The first-order valence-corrected chi connectivity index (χ1v) is 8.17. The average Bonchev–Trinajstić information content (AvgIpc) is 2.97. The number of hydrogen-bond acceptors (Lipinski definition) is 4. The van der Waals surface area contributed by atoms with E-state index in [1.807, 2.05) is 18.2 Å². The molecule has 0 saturated heterocycles. The molecule has 0 fully saturated rings. The third kappa shape index (κ3) is 4.51. The van der Waals surface area contributed by atoms with E-state index in [2.05, 4.69) is 38.8 Å². The summed E-state index contributed by atoms with van der Waals surface area (Å²) in [6.07, 6.45) is 1.07. The molecule has 5 heteroatoms. The highest BCUT2D eigenvalue weighted by Crippen LogP contribution is 2.34. The SMILES string of the molecule is COc1cccc(Br)c1OCCNCCc1cccs1. The molecule has 108 valence electrons. The van der Waals surface area contributed by atoms with E-state index >= 15 is 0 Å². The van der Waals surface area contributed by atoms with Crippen molar-refractivity contribution in [3.05, 3.63) is 45.1 Å². The number of para-hydroxylation sites is 1. The van der Waals surface area contributed by atoms with E-state index in [0.717, 1.165) is 35.5 Å². The van der Waals surface area contributed by atoms with Crippen LogP contribution < -0.4 is 14.8 Å². The minimum atomic E-state index is 0.614. The Morgan fingerprint density at radius 3 is 2.85 bits per heavy atom. The van der Waals surface area contributed by atoms with E-state index in [0.29, 0.717) is 6.61 Å². The minimum absolute atomic E-state index is 0.614. The van der Waals surface area contributed by atoms with Crippen LogP contribution in [0.15, 0.2) is 40.2 Å². The van der Waals surface area contributed by atoms with Gasteiger partial charge >= 0.3 is 0 Å². The molecule has 2 rings (SSSR count). The molecule has 2 aromatic rings. The number of benzene rings is 1. The zero-order valence-electron chi connectivity index (χ0n) is 11.4. The molecule has 1 aromatic heterocycles. The van der Waals surface area contributed by atoms with Gasteiger partial charge in [-0.15, -0.1) is 11.3 Å². The maximum Gasteiger partial charge on any atom is 0.175 e. The summed E-state index contributed by atoms with van der Waals surface area (Å²) in [5.74, 6) is 1.51. The summed E-state index contributed by atoms with van der Waals surface area (Å²) >= 11 is 5.27. The molecule has 0 radical (unpaired) electrons. The van der Waals surface area contributed by atoms with Gasteiger partial charge in [0.2, 0.25) is 0 Å². The zero-order valence-corrected chi connectivity index (χ0v) is 13.8. The van der Waals surface area contributed by atoms with Gasteiger partial charge in [0.15, 0.2) is 11.5 Å². The first-order chi connectivity index (χ1) is 9.81. The van der Waals surface area contributed by atoms with Crippen molar-refractivity contribution in [1.82, 2.24) is 5.32 Å². The molecular formula is C15H18BrNO2S. The van der Waals surface area contributed by atoms with E-state index in [4.69, 9.17) is 9.47 Å². The highest BCUT2D eigenvalue weighted by Gasteiger charge is 2.07. The number of halogens is 1. The number of hydrogen-bond donors (Lipinski definition) is 1. The number of ether oxygens (including phenoxy) is 2. The Labute approximate surface area is 132 Å². The van der Waals surface area contributed by atoms with Gasteiger partial charge in [0.05, 0.1) is 11.6 Å². The molecular weight excluding hydrogens is 338 g/mol. The van der Waals surface area contributed by atoms with E-state index < -0.39 is 0 Å². The Balaban J connectivity index is 1.68. The second-order valence-corrected chi connectivity index (χ2v) is 6.09. The second-order valence-electron chi connectivity index (χ2n) is 4.20. The Morgan fingerprint density at radius 1 is 1.20 bits per heavy atom. The molecule has 0 unspecified atom stereocenters. The summed E-state index contributed by atoms with van der Waals surface area (Å²) in [6.45, 7) is 2.40. The lowest BCUT2D eigenvalue weighted by atomic mass is 10.3. The molecule has 0 aliphatic heterocycles. The van der Waals surface area contributed by atoms with Gasteiger partial charge in [0.25, 0.3) is 0 Å². The maximum absolute atomic E-state index is 5.76. The highest BCUT2D eigenvalue weighted by atomic mass is 79.9. The van der Waals surface area contributed by atoms with E-state index in [1.165, 1.54) is 4.88 Å². The summed E-state index contributed by atoms with van der Waals surface area (Å²) in [6, 6.07) is 10.0. The Morgan fingerprint density at radius 2 is 2.10 bits per heavy atom. The summed E-state index contributed by atoms with van der Waals surface area (Å²) in [4.78, 5) is 1.41. The van der Waals surface area contributed by atoms with Crippen LogP contribution in [0.2, 0.25) is 0 Å².